The Morgan fingerprint density at radius 1 is 1.00 bits per heavy atom. The summed E-state index contributed by atoms with van der Waals surface area (Å²) >= 11 is 0. The Morgan fingerprint density at radius 2 is 1.86 bits per heavy atom. The molecule has 0 amide bonds. The van der Waals surface area contributed by atoms with Crippen molar-refractivity contribution in [1.82, 2.24) is 15.3 Å². The predicted octanol–water partition coefficient (Wildman–Crippen LogP) is 3.56. The van der Waals surface area contributed by atoms with Gasteiger partial charge in [-0.25, -0.2) is 0 Å². The van der Waals surface area contributed by atoms with E-state index in [9.17, 15) is 0 Å². The Kier molecular flexibility index (Phi) is 3.67. The molecule has 0 bridgehead atoms. The highest BCUT2D eigenvalue weighted by molar-refractivity contribution is 5.85. The van der Waals surface area contributed by atoms with Crippen LogP contribution in [0.15, 0.2) is 48.8 Å². The minimum atomic E-state index is 0.129. The number of aromatic nitrogens is 2. The SMILES string of the molecule is CNC(c1ccc(C)nc1C)c1cccc2cnccc12. The van der Waals surface area contributed by atoms with Gasteiger partial charge in [-0.2, -0.15) is 0 Å². The van der Waals surface area contributed by atoms with Gasteiger partial charge >= 0.3 is 0 Å². The van der Waals surface area contributed by atoms with Crippen molar-refractivity contribution in [2.75, 3.05) is 7.05 Å². The first-order valence-electron chi connectivity index (χ1n) is 7.15. The van der Waals surface area contributed by atoms with E-state index in [4.69, 9.17) is 0 Å². The first kappa shape index (κ1) is 13.7. The van der Waals surface area contributed by atoms with Crippen LogP contribution < -0.4 is 5.32 Å². The number of aryl methyl sites for hydroxylation is 2. The van der Waals surface area contributed by atoms with Gasteiger partial charge in [0, 0.05) is 29.2 Å². The molecule has 1 aromatic carbocycles. The molecule has 0 radical (unpaired) electrons. The lowest BCUT2D eigenvalue weighted by atomic mass is 9.93. The summed E-state index contributed by atoms with van der Waals surface area (Å²) in [6, 6.07) is 12.8. The van der Waals surface area contributed by atoms with Gasteiger partial charge in [-0.15, -0.1) is 0 Å². The number of nitrogens with zero attached hydrogens (tertiary/aromatic N) is 2. The molecule has 3 aromatic rings. The first-order chi connectivity index (χ1) is 10.2. The fourth-order valence-electron chi connectivity index (χ4n) is 2.88. The summed E-state index contributed by atoms with van der Waals surface area (Å²) < 4.78 is 0. The molecule has 2 heterocycles. The van der Waals surface area contributed by atoms with Crippen molar-refractivity contribution in [2.24, 2.45) is 0 Å². The van der Waals surface area contributed by atoms with Crippen LogP contribution in [0.2, 0.25) is 0 Å². The topological polar surface area (TPSA) is 37.8 Å². The minimum Gasteiger partial charge on any atom is -0.309 e. The molecule has 0 aliphatic heterocycles. The van der Waals surface area contributed by atoms with Gasteiger partial charge in [0.15, 0.2) is 0 Å². The van der Waals surface area contributed by atoms with Crippen LogP contribution in [-0.4, -0.2) is 17.0 Å². The molecular weight excluding hydrogens is 258 g/mol. The van der Waals surface area contributed by atoms with Gasteiger partial charge in [-0.1, -0.05) is 24.3 Å². The quantitative estimate of drug-likeness (QED) is 0.795. The van der Waals surface area contributed by atoms with Gasteiger partial charge in [-0.3, -0.25) is 9.97 Å². The Balaban J connectivity index is 2.18. The number of hydrogen-bond acceptors (Lipinski definition) is 3. The summed E-state index contributed by atoms with van der Waals surface area (Å²) in [6.07, 6.45) is 3.75. The Morgan fingerprint density at radius 3 is 2.62 bits per heavy atom. The monoisotopic (exact) mass is 277 g/mol. The van der Waals surface area contributed by atoms with Crippen LogP contribution in [0, 0.1) is 13.8 Å². The van der Waals surface area contributed by atoms with E-state index in [0.29, 0.717) is 0 Å². The van der Waals surface area contributed by atoms with Crippen molar-refractivity contribution >= 4 is 10.8 Å². The number of rotatable bonds is 3. The molecule has 106 valence electrons. The number of fused-ring (bicyclic) bond motifs is 1. The van der Waals surface area contributed by atoms with Crippen molar-refractivity contribution < 1.29 is 0 Å². The molecule has 3 nitrogen and oxygen atoms in total. The maximum Gasteiger partial charge on any atom is 0.0598 e. The molecule has 1 unspecified atom stereocenters. The third-order valence-corrected chi connectivity index (χ3v) is 3.89. The lowest BCUT2D eigenvalue weighted by Crippen LogP contribution is -2.19. The molecule has 1 N–H and O–H groups in total. The summed E-state index contributed by atoms with van der Waals surface area (Å²) in [5, 5.41) is 5.82. The third-order valence-electron chi connectivity index (χ3n) is 3.89. The maximum atomic E-state index is 4.60. The summed E-state index contributed by atoms with van der Waals surface area (Å²) in [6.45, 7) is 4.09. The number of benzene rings is 1. The van der Waals surface area contributed by atoms with Crippen LogP contribution in [0.4, 0.5) is 0 Å². The van der Waals surface area contributed by atoms with Gasteiger partial charge in [0.1, 0.15) is 0 Å². The number of nitrogens with one attached hydrogen (secondary N) is 1. The fourth-order valence-corrected chi connectivity index (χ4v) is 2.88. The number of hydrogen-bond donors (Lipinski definition) is 1. The van der Waals surface area contributed by atoms with Crippen LogP contribution in [0.25, 0.3) is 10.8 Å². The predicted molar refractivity (Wildman–Crippen MR) is 86.4 cm³/mol. The highest BCUT2D eigenvalue weighted by atomic mass is 14.9. The van der Waals surface area contributed by atoms with Crippen LogP contribution >= 0.6 is 0 Å². The molecule has 3 heteroatoms. The van der Waals surface area contributed by atoms with Crippen molar-refractivity contribution in [1.29, 1.82) is 0 Å². The molecule has 3 rings (SSSR count). The van der Waals surface area contributed by atoms with Crippen molar-refractivity contribution in [2.45, 2.75) is 19.9 Å². The molecule has 0 fully saturated rings. The van der Waals surface area contributed by atoms with E-state index in [1.54, 1.807) is 0 Å². The lowest BCUT2D eigenvalue weighted by molar-refractivity contribution is 0.687. The molecule has 0 aliphatic rings. The van der Waals surface area contributed by atoms with E-state index in [0.717, 1.165) is 16.8 Å². The molecule has 0 spiro atoms. The fraction of sp³-hybridized carbons (Fsp3) is 0.222. The molecule has 21 heavy (non-hydrogen) atoms. The van der Waals surface area contributed by atoms with E-state index >= 15 is 0 Å². The van der Waals surface area contributed by atoms with Gasteiger partial charge in [0.25, 0.3) is 0 Å². The van der Waals surface area contributed by atoms with Crippen LogP contribution in [0.3, 0.4) is 0 Å². The first-order valence-corrected chi connectivity index (χ1v) is 7.15. The Hall–Kier alpha value is -2.26. The number of pyridine rings is 2. The summed E-state index contributed by atoms with van der Waals surface area (Å²) in [7, 11) is 1.99. The van der Waals surface area contributed by atoms with E-state index in [1.807, 2.05) is 26.4 Å². The molecular formula is C18H19N3. The van der Waals surface area contributed by atoms with Crippen molar-refractivity contribution in [3.05, 3.63) is 71.3 Å². The molecule has 2 aromatic heterocycles. The zero-order valence-corrected chi connectivity index (χ0v) is 12.6. The third kappa shape index (κ3) is 2.52. The van der Waals surface area contributed by atoms with Gasteiger partial charge in [-0.05, 0) is 49.5 Å². The lowest BCUT2D eigenvalue weighted by Gasteiger charge is -2.21. The van der Waals surface area contributed by atoms with Gasteiger partial charge in [0.2, 0.25) is 0 Å². The van der Waals surface area contributed by atoms with Crippen LogP contribution in [0.5, 0.6) is 0 Å². The highest BCUT2D eigenvalue weighted by Crippen LogP contribution is 2.29. The van der Waals surface area contributed by atoms with E-state index in [-0.39, 0.29) is 6.04 Å². The minimum absolute atomic E-state index is 0.129. The average molecular weight is 277 g/mol. The summed E-state index contributed by atoms with van der Waals surface area (Å²) in [4.78, 5) is 8.80. The van der Waals surface area contributed by atoms with E-state index in [2.05, 4.69) is 58.6 Å². The van der Waals surface area contributed by atoms with Gasteiger partial charge in [0.05, 0.1) is 6.04 Å². The van der Waals surface area contributed by atoms with Crippen LogP contribution in [0.1, 0.15) is 28.6 Å². The zero-order valence-electron chi connectivity index (χ0n) is 12.6. The zero-order chi connectivity index (χ0) is 14.8. The smallest absolute Gasteiger partial charge is 0.0598 e. The maximum absolute atomic E-state index is 4.60. The highest BCUT2D eigenvalue weighted by Gasteiger charge is 2.17. The molecule has 0 saturated carbocycles. The molecule has 1 atom stereocenters. The van der Waals surface area contributed by atoms with Crippen molar-refractivity contribution in [3.8, 4) is 0 Å². The second-order valence-electron chi connectivity index (χ2n) is 5.29. The second-order valence-corrected chi connectivity index (χ2v) is 5.29. The normalized spacial score (nSPS) is 12.5. The van der Waals surface area contributed by atoms with Gasteiger partial charge < -0.3 is 5.32 Å². The van der Waals surface area contributed by atoms with E-state index in [1.165, 1.54) is 16.5 Å². The Labute approximate surface area is 125 Å². The van der Waals surface area contributed by atoms with E-state index < -0.39 is 0 Å². The Bertz CT molecular complexity index is 775. The molecule has 0 saturated heterocycles. The average Bonchev–Trinajstić information content (AvgIpc) is 2.50. The second kappa shape index (κ2) is 5.62. The standard InChI is InChI=1S/C18H19N3/c1-12-7-8-15(13(2)21-12)18(19-3)17-6-4-5-14-11-20-10-9-16(14)17/h4-11,18-19H,1-3H3. The van der Waals surface area contributed by atoms with Crippen molar-refractivity contribution in [3.63, 3.8) is 0 Å². The largest absolute Gasteiger partial charge is 0.309 e. The van der Waals surface area contributed by atoms with Crippen LogP contribution in [-0.2, 0) is 0 Å². The summed E-state index contributed by atoms with van der Waals surface area (Å²) in [5.74, 6) is 0. The summed E-state index contributed by atoms with van der Waals surface area (Å²) in [5.41, 5.74) is 4.59. The molecule has 0 aliphatic carbocycles.